The summed E-state index contributed by atoms with van der Waals surface area (Å²) in [4.78, 5) is 118. The van der Waals surface area contributed by atoms with Gasteiger partial charge in [-0.25, -0.2) is 49.7 Å². The molecule has 0 amide bonds. The normalized spacial score (nSPS) is 15.8. The number of methoxy groups -OCH3 is 2. The minimum atomic E-state index is -0.930. The molecule has 0 aliphatic carbocycles. The average Bonchev–Trinajstić information content (AvgIpc) is 1.67. The van der Waals surface area contributed by atoms with Crippen molar-refractivity contribution in [2.24, 2.45) is 11.8 Å². The van der Waals surface area contributed by atoms with E-state index in [4.69, 9.17) is 29.5 Å². The van der Waals surface area contributed by atoms with E-state index >= 15 is 0 Å². The second-order valence-corrected chi connectivity index (χ2v) is 35.4. The second-order valence-electron chi connectivity index (χ2n) is 34.0. The molecule has 145 heavy (non-hydrogen) atoms. The van der Waals surface area contributed by atoms with Gasteiger partial charge in [0.25, 0.3) is 0 Å². The molecule has 0 radical (unpaired) electrons. The number of hydrogen-bond donors (Lipinski definition) is 0. The standard InChI is InChI=1S/C16H18N2O4.C14H12N4.C14H14N2O2.2C13H12N2O2.C13H14N2O.C12H12N2O.C8H12N2O.C8H12N2S/c1-21-15(19)13(16(20)22-2)8-10-18-11-9-17-14(18)12-6-4-3-5-7-12;15-10-12(11-16)6-8-18-9-7-17-14(18)13-4-2-1-3-5-13;17-13-8-12(9-18-10-13)16-7-6-15-14(16)11-4-2-1-3-5-11;16-13-11(6-9-17-13)15-8-7-14-12(15)10-4-2-1-3-5-10;16-12-8-11(9-17-12)15-7-6-14-13(15)10-4-2-1-3-5-10;1-11(16)7-9-15-10-8-14-13(15)12-5-3-2-4-6-12;1-10(15)9-14-8-7-13-12(14)11-5-3-2-4-6-11;1-2-6-11-8(3-1)10-5-4-9-7-10;1-2-8(11-5-1)6-10-4-3-9-7-10/h3-7,9,11,13H,8,10H2,1-2H3;1-5,7,9,12H,6,8H2;1-7,12H,8-10H2;1-5,7-8,11H,6,9H2;1-7,11H,8-9H2;2-6,8,10H,7,9H2,1H3;2-8H,9H2,1H3;4-5,7-8H,1-3,6H2;3-4,7-8H,1-2,5-6H2. The van der Waals surface area contributed by atoms with Crippen LogP contribution in [0.15, 0.2) is 337 Å². The molecule has 16 aromatic rings. The minimum absolute atomic E-state index is 0.0592. The Hall–Kier alpha value is -16.4. The summed E-state index contributed by atoms with van der Waals surface area (Å²) in [7, 11) is 2.51. The number of aromatic nitrogens is 18. The number of benzene rings is 7. The molecule has 9 aromatic heterocycles. The Balaban J connectivity index is 0.000000137. The van der Waals surface area contributed by atoms with E-state index in [1.807, 2.05) is 336 Å². The van der Waals surface area contributed by atoms with Gasteiger partial charge in [0, 0.05) is 208 Å². The molecular weight excluding hydrogens is 1850 g/mol. The predicted octanol–water partition coefficient (Wildman–Crippen LogP) is 18.7. The van der Waals surface area contributed by atoms with Gasteiger partial charge in [0.2, 0.25) is 0 Å². The van der Waals surface area contributed by atoms with Crippen molar-refractivity contribution in [2.75, 3.05) is 53.0 Å². The highest BCUT2D eigenvalue weighted by Gasteiger charge is 2.32. The predicted molar refractivity (Wildman–Crippen MR) is 549 cm³/mol. The summed E-state index contributed by atoms with van der Waals surface area (Å²) in [6.07, 6.45) is 46.2. The Bertz CT molecular complexity index is 6660. The zero-order valence-corrected chi connectivity index (χ0v) is 82.3. The third-order valence-electron chi connectivity index (χ3n) is 23.7. The number of rotatable bonds is 26. The number of thioether (sulfide) groups is 1. The van der Waals surface area contributed by atoms with Gasteiger partial charge in [-0.2, -0.15) is 22.3 Å². The van der Waals surface area contributed by atoms with E-state index < -0.39 is 23.8 Å². The van der Waals surface area contributed by atoms with Crippen molar-refractivity contribution in [3.63, 3.8) is 0 Å². The molecule has 5 aliphatic rings. The maximum Gasteiger partial charge on any atom is 0.329 e. The topological polar surface area (TPSA) is 383 Å². The number of esters is 4. The molecule has 5 unspecified atom stereocenters. The van der Waals surface area contributed by atoms with Crippen LogP contribution in [-0.2, 0) is 94.7 Å². The van der Waals surface area contributed by atoms with Gasteiger partial charge in [-0.3, -0.25) is 28.8 Å². The highest BCUT2D eigenvalue weighted by atomic mass is 32.2. The molecule has 0 saturated carbocycles. The van der Waals surface area contributed by atoms with E-state index in [2.05, 4.69) is 70.7 Å². The van der Waals surface area contributed by atoms with Crippen molar-refractivity contribution in [2.45, 2.75) is 147 Å². The lowest BCUT2D eigenvalue weighted by atomic mass is 10.1. The number of cyclic esters (lactones) is 2. The molecule has 21 rings (SSSR count). The number of carbonyl (C=O) groups excluding carboxylic acids is 7. The molecule has 5 atom stereocenters. The van der Waals surface area contributed by atoms with Gasteiger partial charge in [-0.15, -0.1) is 0 Å². The lowest BCUT2D eigenvalue weighted by molar-refractivity contribution is -0.159. The fraction of sp³-hybridized carbons (Fsp3) is 0.297. The molecule has 5 fully saturated rings. The summed E-state index contributed by atoms with van der Waals surface area (Å²) in [5.74, 6) is 4.85. The van der Waals surface area contributed by atoms with Gasteiger partial charge < -0.3 is 69.5 Å². The molecule has 33 nitrogen and oxygen atoms in total. The maximum atomic E-state index is 11.7. The van der Waals surface area contributed by atoms with Crippen molar-refractivity contribution in [3.05, 3.63) is 337 Å². The summed E-state index contributed by atoms with van der Waals surface area (Å²) >= 11 is 2.09. The third kappa shape index (κ3) is 32.0. The van der Waals surface area contributed by atoms with Crippen molar-refractivity contribution in [1.29, 1.82) is 10.5 Å². The number of hydrogen-bond acceptors (Lipinski definition) is 25. The van der Waals surface area contributed by atoms with E-state index in [1.165, 1.54) is 45.7 Å². The molecular formula is C111H118N20O13S. The van der Waals surface area contributed by atoms with Gasteiger partial charge >= 0.3 is 23.9 Å². The monoisotopic (exact) mass is 1970 g/mol. The van der Waals surface area contributed by atoms with Crippen LogP contribution in [-0.4, -0.2) is 185 Å². The number of ketones is 3. The van der Waals surface area contributed by atoms with E-state index in [0.717, 1.165) is 111 Å². The van der Waals surface area contributed by atoms with Crippen LogP contribution in [0.5, 0.6) is 0 Å². The average molecular weight is 1970 g/mol. The quantitative estimate of drug-likeness (QED) is 0.0276. The molecule has 746 valence electrons. The first-order chi connectivity index (χ1) is 71.0. The highest BCUT2D eigenvalue weighted by Crippen LogP contribution is 2.33. The van der Waals surface area contributed by atoms with Crippen molar-refractivity contribution in [3.8, 4) is 91.9 Å². The van der Waals surface area contributed by atoms with E-state index in [9.17, 15) is 33.6 Å². The van der Waals surface area contributed by atoms with Gasteiger partial charge in [0.05, 0.1) is 77.3 Å². The molecule has 7 aromatic carbocycles. The molecule has 0 N–H and O–H groups in total. The lowest BCUT2D eigenvalue weighted by Crippen LogP contribution is -2.28. The summed E-state index contributed by atoms with van der Waals surface area (Å²) < 4.78 is 48.0. The van der Waals surface area contributed by atoms with E-state index in [-0.39, 0.29) is 66.7 Å². The largest absolute Gasteiger partial charge is 0.468 e. The highest BCUT2D eigenvalue weighted by molar-refractivity contribution is 8.00. The fourth-order valence-electron chi connectivity index (χ4n) is 16.4. The number of imidazole rings is 9. The molecule has 5 aliphatic heterocycles. The van der Waals surface area contributed by atoms with Crippen molar-refractivity contribution < 1.29 is 62.0 Å². The summed E-state index contributed by atoms with van der Waals surface area (Å²) in [5, 5.41) is 18.3. The van der Waals surface area contributed by atoms with Gasteiger partial charge in [-0.1, -0.05) is 212 Å². The second kappa shape index (κ2) is 56.9. The van der Waals surface area contributed by atoms with Gasteiger partial charge in [0.1, 0.15) is 83.7 Å². The van der Waals surface area contributed by atoms with Crippen LogP contribution >= 0.6 is 11.8 Å². The Morgan fingerprint density at radius 2 is 0.862 bits per heavy atom. The lowest BCUT2D eigenvalue weighted by Gasteiger charge is -2.24. The smallest absolute Gasteiger partial charge is 0.329 e. The Morgan fingerprint density at radius 3 is 1.26 bits per heavy atom. The SMILES string of the molecule is CC(=O)CCn1ccnc1-c1ccccc1.CC(=O)Cn1ccnc1-c1ccccc1.COC(=O)C(CCn1ccnc1-c1ccccc1)C(=O)OC.N#CC(C#N)CCn1ccnc1-c1ccccc1.O=C1CC(n2ccnc2-c2ccccc2)CO1.O=C1COCC(n2ccnc2-c2ccccc2)C1.O=C1OCCC1n1ccnc1-c1ccccc1.c1cn(C2CCCCO2)cn1.c1cn(CC2CCCS2)cn1. The van der Waals surface area contributed by atoms with Crippen LogP contribution in [0.2, 0.25) is 0 Å². The van der Waals surface area contributed by atoms with E-state index in [0.29, 0.717) is 71.7 Å². The molecule has 14 heterocycles. The molecule has 34 heteroatoms. The van der Waals surface area contributed by atoms with Crippen molar-refractivity contribution in [1.82, 2.24) is 86.0 Å². The van der Waals surface area contributed by atoms with Gasteiger partial charge in [0.15, 0.2) is 11.7 Å². The van der Waals surface area contributed by atoms with Crippen LogP contribution in [0.4, 0.5) is 0 Å². The number of nitriles is 2. The van der Waals surface area contributed by atoms with Crippen LogP contribution < -0.4 is 0 Å². The van der Waals surface area contributed by atoms with Crippen LogP contribution in [0.1, 0.15) is 109 Å². The molecule has 0 spiro atoms. The first kappa shape index (κ1) is 106. The zero-order valence-electron chi connectivity index (χ0n) is 81.5. The summed E-state index contributed by atoms with van der Waals surface area (Å²) in [5.41, 5.74) is 7.24. The summed E-state index contributed by atoms with van der Waals surface area (Å²) in [6.45, 7) is 9.12. The van der Waals surface area contributed by atoms with E-state index in [1.54, 1.807) is 63.4 Å². The number of Topliss-reactive ketones (excluding diaryl/α,β-unsaturated/α-hetero) is 3. The number of nitrogens with zero attached hydrogens (tertiary/aromatic N) is 20. The first-order valence-electron chi connectivity index (χ1n) is 48.1. The van der Waals surface area contributed by atoms with Crippen molar-refractivity contribution >= 4 is 53.0 Å². The van der Waals surface area contributed by atoms with Crippen LogP contribution in [0.25, 0.3) is 79.7 Å². The number of carbonyl (C=O) groups is 7. The Labute approximate surface area is 846 Å². The number of ether oxygens (including phenoxy) is 6. The first-order valence-corrected chi connectivity index (χ1v) is 49.1. The molecule has 5 saturated heterocycles. The minimum Gasteiger partial charge on any atom is -0.468 e. The fourth-order valence-corrected chi connectivity index (χ4v) is 17.7. The van der Waals surface area contributed by atoms with Crippen LogP contribution in [0.3, 0.4) is 0 Å². The van der Waals surface area contributed by atoms with Gasteiger partial charge in [-0.05, 0) is 64.5 Å². The third-order valence-corrected chi connectivity index (χ3v) is 25.1. The maximum absolute atomic E-state index is 11.7. The van der Waals surface area contributed by atoms with Crippen LogP contribution in [0, 0.1) is 34.5 Å². The Kier molecular flexibility index (Phi) is 41.5. The number of aryl methyl sites for hydroxylation is 3. The summed E-state index contributed by atoms with van der Waals surface area (Å²) in [6, 6.07) is 73.0. The molecule has 0 bridgehead atoms. The Morgan fingerprint density at radius 1 is 0.434 bits per heavy atom. The zero-order chi connectivity index (χ0) is 102.